The maximum Gasteiger partial charge on any atom is 0.305 e. The molecule has 0 radical (unpaired) electrons. The third kappa shape index (κ3) is 5.61. The minimum Gasteiger partial charge on any atom is -0.484 e. The van der Waals surface area contributed by atoms with Crippen LogP contribution in [0.2, 0.25) is 0 Å². The number of carbonyl (C=O) groups is 2. The molecule has 0 aliphatic carbocycles. The van der Waals surface area contributed by atoms with Crippen LogP contribution in [0.15, 0.2) is 28.7 Å². The Morgan fingerprint density at radius 3 is 2.65 bits per heavy atom. The van der Waals surface area contributed by atoms with Gasteiger partial charge < -0.3 is 14.7 Å². The number of ether oxygens (including phenoxy) is 1. The second-order valence-corrected chi connectivity index (χ2v) is 5.49. The van der Waals surface area contributed by atoms with Gasteiger partial charge in [-0.15, -0.1) is 0 Å². The van der Waals surface area contributed by atoms with Gasteiger partial charge in [0.05, 0.1) is 6.42 Å². The average molecular weight is 344 g/mol. The van der Waals surface area contributed by atoms with Gasteiger partial charge in [0.15, 0.2) is 6.61 Å². The third-order valence-corrected chi connectivity index (χ3v) is 3.16. The molecule has 1 N–H and O–H groups in total. The second-order valence-electron chi connectivity index (χ2n) is 4.57. The number of halogens is 1. The van der Waals surface area contributed by atoms with Crippen LogP contribution in [0.1, 0.15) is 20.3 Å². The van der Waals surface area contributed by atoms with Gasteiger partial charge in [-0.3, -0.25) is 9.59 Å². The zero-order valence-electron chi connectivity index (χ0n) is 11.5. The Balaban J connectivity index is 2.55. The Morgan fingerprint density at radius 2 is 2.10 bits per heavy atom. The molecule has 0 aromatic heterocycles. The zero-order valence-corrected chi connectivity index (χ0v) is 13.1. The molecule has 110 valence electrons. The number of carboxylic acid groups (broad SMARTS) is 1. The number of hydrogen-bond acceptors (Lipinski definition) is 3. The third-order valence-electron chi connectivity index (χ3n) is 2.67. The van der Waals surface area contributed by atoms with E-state index in [-0.39, 0.29) is 31.5 Å². The summed E-state index contributed by atoms with van der Waals surface area (Å²) >= 11 is 3.32. The number of benzene rings is 1. The van der Waals surface area contributed by atoms with Crippen LogP contribution in [0.25, 0.3) is 0 Å². The summed E-state index contributed by atoms with van der Waals surface area (Å²) in [6.07, 6.45) is -0.0686. The molecule has 0 saturated heterocycles. The van der Waals surface area contributed by atoms with Crippen LogP contribution < -0.4 is 4.74 Å². The van der Waals surface area contributed by atoms with Crippen LogP contribution >= 0.6 is 15.9 Å². The van der Waals surface area contributed by atoms with E-state index < -0.39 is 5.97 Å². The normalized spacial score (nSPS) is 10.4. The Labute approximate surface area is 126 Å². The number of amides is 1. The van der Waals surface area contributed by atoms with Crippen molar-refractivity contribution in [3.05, 3.63) is 28.7 Å². The Kier molecular flexibility index (Phi) is 6.51. The van der Waals surface area contributed by atoms with Crippen molar-refractivity contribution >= 4 is 27.8 Å². The molecular weight excluding hydrogens is 326 g/mol. The molecule has 0 bridgehead atoms. The van der Waals surface area contributed by atoms with E-state index in [0.717, 1.165) is 4.47 Å². The van der Waals surface area contributed by atoms with Crippen molar-refractivity contribution in [2.45, 2.75) is 26.3 Å². The summed E-state index contributed by atoms with van der Waals surface area (Å²) in [5.74, 6) is -0.549. The molecule has 0 spiro atoms. The van der Waals surface area contributed by atoms with Crippen LogP contribution in [0.5, 0.6) is 5.75 Å². The highest BCUT2D eigenvalue weighted by Gasteiger charge is 2.18. The first-order valence-corrected chi connectivity index (χ1v) is 7.09. The molecule has 0 atom stereocenters. The molecular formula is C14H18BrNO4. The van der Waals surface area contributed by atoms with E-state index in [1.165, 1.54) is 4.90 Å². The van der Waals surface area contributed by atoms with Gasteiger partial charge in [-0.2, -0.15) is 0 Å². The predicted molar refractivity (Wildman–Crippen MR) is 78.7 cm³/mol. The van der Waals surface area contributed by atoms with Crippen LogP contribution in [0.3, 0.4) is 0 Å². The highest BCUT2D eigenvalue weighted by Crippen LogP contribution is 2.17. The first kappa shape index (κ1) is 16.5. The van der Waals surface area contributed by atoms with E-state index in [0.29, 0.717) is 5.75 Å². The van der Waals surface area contributed by atoms with Crippen LogP contribution in [-0.4, -0.2) is 41.1 Å². The van der Waals surface area contributed by atoms with Crippen molar-refractivity contribution in [3.63, 3.8) is 0 Å². The molecule has 5 nitrogen and oxygen atoms in total. The van der Waals surface area contributed by atoms with E-state index in [2.05, 4.69) is 15.9 Å². The molecule has 0 aliphatic heterocycles. The summed E-state index contributed by atoms with van der Waals surface area (Å²) in [5, 5.41) is 8.69. The molecule has 0 fully saturated rings. The van der Waals surface area contributed by atoms with Gasteiger partial charge in [0.1, 0.15) is 5.75 Å². The Bertz CT molecular complexity index is 476. The lowest BCUT2D eigenvalue weighted by molar-refractivity contribution is -0.139. The Morgan fingerprint density at radius 1 is 1.40 bits per heavy atom. The minimum absolute atomic E-state index is 0.0621. The van der Waals surface area contributed by atoms with E-state index >= 15 is 0 Å². The number of aliphatic carboxylic acids is 1. The smallest absolute Gasteiger partial charge is 0.305 e. The molecule has 20 heavy (non-hydrogen) atoms. The molecule has 0 saturated carbocycles. The van der Waals surface area contributed by atoms with Crippen molar-refractivity contribution in [2.75, 3.05) is 13.2 Å². The molecule has 1 aromatic rings. The fourth-order valence-electron chi connectivity index (χ4n) is 1.67. The minimum atomic E-state index is -0.920. The standard InChI is InChI=1S/C14H18BrNO4/c1-10(2)16(7-6-14(18)19)13(17)9-20-12-5-3-4-11(15)8-12/h3-5,8,10H,6-7,9H2,1-2H3,(H,18,19). The lowest BCUT2D eigenvalue weighted by Gasteiger charge is -2.26. The zero-order chi connectivity index (χ0) is 15.1. The van der Waals surface area contributed by atoms with E-state index in [1.807, 2.05) is 26.0 Å². The van der Waals surface area contributed by atoms with Gasteiger partial charge in [-0.05, 0) is 32.0 Å². The SMILES string of the molecule is CC(C)N(CCC(=O)O)C(=O)COc1cccc(Br)c1. The van der Waals surface area contributed by atoms with Crippen LogP contribution in [-0.2, 0) is 9.59 Å². The summed E-state index contributed by atoms with van der Waals surface area (Å²) in [6, 6.07) is 7.14. The maximum atomic E-state index is 12.1. The lowest BCUT2D eigenvalue weighted by Crippen LogP contribution is -2.41. The summed E-state index contributed by atoms with van der Waals surface area (Å²) in [5.41, 5.74) is 0. The summed E-state index contributed by atoms with van der Waals surface area (Å²) in [6.45, 7) is 3.78. The quantitative estimate of drug-likeness (QED) is 0.826. The summed E-state index contributed by atoms with van der Waals surface area (Å²) in [7, 11) is 0. The topological polar surface area (TPSA) is 66.8 Å². The van der Waals surface area contributed by atoms with Gasteiger partial charge in [-0.25, -0.2) is 0 Å². The monoisotopic (exact) mass is 343 g/mol. The van der Waals surface area contributed by atoms with Gasteiger partial charge >= 0.3 is 5.97 Å². The van der Waals surface area contributed by atoms with Crippen LogP contribution in [0.4, 0.5) is 0 Å². The van der Waals surface area contributed by atoms with E-state index in [9.17, 15) is 9.59 Å². The summed E-state index contributed by atoms with van der Waals surface area (Å²) in [4.78, 5) is 24.1. The number of carboxylic acids is 1. The van der Waals surface area contributed by atoms with Crippen molar-refractivity contribution in [2.24, 2.45) is 0 Å². The summed E-state index contributed by atoms with van der Waals surface area (Å²) < 4.78 is 6.29. The number of rotatable bonds is 7. The first-order chi connectivity index (χ1) is 9.40. The molecule has 0 unspecified atom stereocenters. The number of nitrogens with zero attached hydrogens (tertiary/aromatic N) is 1. The largest absolute Gasteiger partial charge is 0.484 e. The molecule has 0 heterocycles. The lowest BCUT2D eigenvalue weighted by atomic mass is 10.2. The molecule has 1 amide bonds. The van der Waals surface area contributed by atoms with Crippen molar-refractivity contribution in [1.29, 1.82) is 0 Å². The van der Waals surface area contributed by atoms with Gasteiger partial charge in [-0.1, -0.05) is 22.0 Å². The number of hydrogen-bond donors (Lipinski definition) is 1. The molecule has 1 rings (SSSR count). The first-order valence-electron chi connectivity index (χ1n) is 6.29. The fraction of sp³-hybridized carbons (Fsp3) is 0.429. The maximum absolute atomic E-state index is 12.1. The highest BCUT2D eigenvalue weighted by atomic mass is 79.9. The average Bonchev–Trinajstić information content (AvgIpc) is 2.36. The van der Waals surface area contributed by atoms with Crippen molar-refractivity contribution in [3.8, 4) is 5.75 Å². The van der Waals surface area contributed by atoms with Crippen molar-refractivity contribution in [1.82, 2.24) is 4.90 Å². The van der Waals surface area contributed by atoms with E-state index in [4.69, 9.17) is 9.84 Å². The van der Waals surface area contributed by atoms with Crippen molar-refractivity contribution < 1.29 is 19.4 Å². The van der Waals surface area contributed by atoms with Crippen LogP contribution in [0, 0.1) is 0 Å². The predicted octanol–water partition coefficient (Wildman–Crippen LogP) is 2.54. The molecule has 0 aliphatic rings. The highest BCUT2D eigenvalue weighted by molar-refractivity contribution is 9.10. The van der Waals surface area contributed by atoms with E-state index in [1.54, 1.807) is 12.1 Å². The Hall–Kier alpha value is -1.56. The molecule has 6 heteroatoms. The second kappa shape index (κ2) is 7.89. The fourth-order valence-corrected chi connectivity index (χ4v) is 2.05. The van der Waals surface area contributed by atoms with Gasteiger partial charge in [0, 0.05) is 17.1 Å². The van der Waals surface area contributed by atoms with Gasteiger partial charge in [0.2, 0.25) is 0 Å². The van der Waals surface area contributed by atoms with Gasteiger partial charge in [0.25, 0.3) is 5.91 Å². The number of carbonyl (C=O) groups excluding carboxylic acids is 1. The molecule has 1 aromatic carbocycles.